The lowest BCUT2D eigenvalue weighted by molar-refractivity contribution is -0.138. The van der Waals surface area contributed by atoms with Crippen LogP contribution in [-0.4, -0.2) is 101 Å². The lowest BCUT2D eigenvalue weighted by Gasteiger charge is -2.34. The second-order valence-electron chi connectivity index (χ2n) is 14.7. The number of halogens is 4. The van der Waals surface area contributed by atoms with Gasteiger partial charge in [-0.25, -0.2) is 4.98 Å². The van der Waals surface area contributed by atoms with Crippen LogP contribution in [0.3, 0.4) is 0 Å². The van der Waals surface area contributed by atoms with Gasteiger partial charge in [-0.2, -0.15) is 18.4 Å². The summed E-state index contributed by atoms with van der Waals surface area (Å²) in [6, 6.07) is 12.1. The third-order valence-corrected chi connectivity index (χ3v) is 11.2. The molecule has 3 aliphatic rings. The van der Waals surface area contributed by atoms with E-state index >= 15 is 0 Å². The van der Waals surface area contributed by atoms with Gasteiger partial charge in [-0.1, -0.05) is 18.5 Å². The van der Waals surface area contributed by atoms with E-state index in [2.05, 4.69) is 38.5 Å². The van der Waals surface area contributed by atoms with E-state index in [1.807, 2.05) is 24.0 Å². The highest BCUT2D eigenvalue weighted by Crippen LogP contribution is 2.43. The number of piperidine rings is 1. The Morgan fingerprint density at radius 1 is 1.09 bits per heavy atom. The van der Waals surface area contributed by atoms with Gasteiger partial charge in [0.2, 0.25) is 17.7 Å². The number of carbonyl (C=O) groups excluding carboxylic acids is 4. The van der Waals surface area contributed by atoms with Crippen molar-refractivity contribution in [1.82, 2.24) is 20.1 Å². The van der Waals surface area contributed by atoms with Crippen LogP contribution in [0.5, 0.6) is 5.75 Å². The zero-order valence-corrected chi connectivity index (χ0v) is 33.7. The van der Waals surface area contributed by atoms with E-state index in [9.17, 15) is 37.6 Å². The molecule has 0 bridgehead atoms. The van der Waals surface area contributed by atoms with Crippen LogP contribution in [0.2, 0.25) is 5.02 Å². The maximum Gasteiger partial charge on any atom is 0.419 e. The molecule has 0 spiro atoms. The minimum atomic E-state index is -4.84. The van der Waals surface area contributed by atoms with Crippen LogP contribution in [-0.2, 0) is 31.8 Å². The first-order chi connectivity index (χ1) is 27.5. The van der Waals surface area contributed by atoms with Crippen molar-refractivity contribution in [3.63, 3.8) is 0 Å². The van der Waals surface area contributed by atoms with Crippen molar-refractivity contribution < 1.29 is 37.1 Å². The van der Waals surface area contributed by atoms with Crippen molar-refractivity contribution in [2.75, 3.05) is 66.3 Å². The number of aromatic nitrogens is 1. The number of alkyl halides is 3. The third kappa shape index (κ3) is 9.28. The second-order valence-corrected chi connectivity index (χ2v) is 15.5. The van der Waals surface area contributed by atoms with E-state index < -0.39 is 46.3 Å². The van der Waals surface area contributed by atoms with Crippen LogP contribution in [0.4, 0.5) is 35.9 Å². The number of nitrogens with zero attached hydrogens (tertiary/aromatic N) is 6. The first kappa shape index (κ1) is 42.5. The number of imide groups is 1. The number of carbonyl (C=O) groups is 4. The second kappa shape index (κ2) is 17.4. The van der Waals surface area contributed by atoms with Gasteiger partial charge in [0, 0.05) is 50.5 Å². The van der Waals surface area contributed by atoms with Gasteiger partial charge < -0.3 is 20.3 Å². The van der Waals surface area contributed by atoms with Crippen molar-refractivity contribution in [1.29, 1.82) is 5.26 Å². The van der Waals surface area contributed by atoms with Gasteiger partial charge in [0.25, 0.3) is 5.91 Å². The standard InChI is InChI=1S/C39H43ClF3N9O5S/c1-4-23-17-25(52-37(58)51(36(56)38(52,2)3)26-19-27(39(41,42)43)31(20-44)45-21-26)6-9-32(23)57-16-15-49-11-13-50(14-12-49)22-34(54)47-30-18-24(5-7-28(30)40)46-29-8-10-33(53)48-35(29)55/h5-7,9,17-19,21,29,37,46,58H,4,8,10-16,22H2,1-3H3,(H,47,54)(H,48,53,55). The van der Waals surface area contributed by atoms with Crippen molar-refractivity contribution in [3.05, 3.63) is 70.5 Å². The minimum absolute atomic E-state index is 0.125. The van der Waals surface area contributed by atoms with Crippen LogP contribution in [0.15, 0.2) is 48.7 Å². The smallest absolute Gasteiger partial charge is 0.419 e. The highest BCUT2D eigenvalue weighted by atomic mass is 35.5. The molecule has 308 valence electrons. The Kier molecular flexibility index (Phi) is 12.8. The van der Waals surface area contributed by atoms with E-state index in [1.165, 1.54) is 6.07 Å². The summed E-state index contributed by atoms with van der Waals surface area (Å²) >= 11 is 11.0. The molecule has 3 aliphatic heterocycles. The third-order valence-electron chi connectivity index (χ3n) is 10.4. The van der Waals surface area contributed by atoms with E-state index in [0.717, 1.165) is 35.8 Å². The summed E-state index contributed by atoms with van der Waals surface area (Å²) in [6.45, 7) is 9.29. The molecule has 4 heterocycles. The number of piperazine rings is 1. The highest BCUT2D eigenvalue weighted by molar-refractivity contribution is 7.81. The first-order valence-electron chi connectivity index (χ1n) is 18.7. The minimum Gasteiger partial charge on any atom is -0.492 e. The molecule has 19 heteroatoms. The van der Waals surface area contributed by atoms with Gasteiger partial charge >= 0.3 is 6.18 Å². The largest absolute Gasteiger partial charge is 0.492 e. The molecule has 2 aromatic carbocycles. The summed E-state index contributed by atoms with van der Waals surface area (Å²) in [5.74, 6) is -0.751. The molecular weight excluding hydrogens is 799 g/mol. The maximum atomic E-state index is 13.7. The van der Waals surface area contributed by atoms with Crippen LogP contribution >= 0.6 is 24.2 Å². The molecule has 14 nitrogen and oxygen atoms in total. The average molecular weight is 842 g/mol. The molecular formula is C39H43ClF3N9O5S. The van der Waals surface area contributed by atoms with Gasteiger partial charge in [-0.05, 0) is 74.7 Å². The van der Waals surface area contributed by atoms with Crippen LogP contribution in [0.25, 0.3) is 0 Å². The lowest BCUT2D eigenvalue weighted by Crippen LogP contribution is -2.49. The lowest BCUT2D eigenvalue weighted by atomic mass is 10.0. The van der Waals surface area contributed by atoms with Crippen LogP contribution in [0, 0.1) is 11.3 Å². The number of hydrogen-bond acceptors (Lipinski definition) is 12. The number of pyridine rings is 1. The SMILES string of the molecule is CCc1cc(N2C(S)N(c3cnc(C#N)c(C(F)(F)F)c3)C(=O)C2(C)C)ccc1OCCN1CCN(CC(=O)Nc2cc(NC3CCC(=O)NC3=O)ccc2Cl)CC1. The molecule has 3 N–H and O–H groups in total. The van der Waals surface area contributed by atoms with Gasteiger partial charge in [0.1, 0.15) is 30.0 Å². The number of benzene rings is 2. The summed E-state index contributed by atoms with van der Waals surface area (Å²) in [7, 11) is 0. The van der Waals surface area contributed by atoms with E-state index in [4.69, 9.17) is 16.3 Å². The Bertz CT molecular complexity index is 2130. The molecule has 2 unspecified atom stereocenters. The quantitative estimate of drug-likeness (QED) is 0.145. The molecule has 58 heavy (non-hydrogen) atoms. The summed E-state index contributed by atoms with van der Waals surface area (Å²) in [5.41, 5.74) is -1.81. The van der Waals surface area contributed by atoms with Crippen LogP contribution < -0.4 is 30.5 Å². The highest BCUT2D eigenvalue weighted by Gasteiger charge is 2.52. The zero-order valence-electron chi connectivity index (χ0n) is 32.0. The van der Waals surface area contributed by atoms with Gasteiger partial charge in [0.15, 0.2) is 11.2 Å². The predicted octanol–water partition coefficient (Wildman–Crippen LogP) is 4.89. The average Bonchev–Trinajstić information content (AvgIpc) is 3.36. The van der Waals surface area contributed by atoms with Crippen molar-refractivity contribution in [2.24, 2.45) is 0 Å². The molecule has 3 saturated heterocycles. The molecule has 0 saturated carbocycles. The monoisotopic (exact) mass is 841 g/mol. The van der Waals surface area contributed by atoms with E-state index in [-0.39, 0.29) is 30.5 Å². The van der Waals surface area contributed by atoms with Crippen molar-refractivity contribution in [3.8, 4) is 11.8 Å². The van der Waals surface area contributed by atoms with E-state index in [1.54, 1.807) is 43.0 Å². The first-order valence-corrected chi connectivity index (χ1v) is 19.6. The van der Waals surface area contributed by atoms with Gasteiger partial charge in [-0.3, -0.25) is 39.2 Å². The Hall–Kier alpha value is -5.09. The number of anilines is 4. The topological polar surface area (TPSA) is 163 Å². The fourth-order valence-electron chi connectivity index (χ4n) is 7.23. The number of rotatable bonds is 12. The summed E-state index contributed by atoms with van der Waals surface area (Å²) in [6.07, 6.45) is -2.56. The number of thiol groups is 1. The molecule has 3 aromatic rings. The molecule has 0 radical (unpaired) electrons. The van der Waals surface area contributed by atoms with Gasteiger partial charge in [-0.15, -0.1) is 12.6 Å². The Balaban J connectivity index is 1.00. The Labute approximate surface area is 344 Å². The number of amides is 4. The summed E-state index contributed by atoms with van der Waals surface area (Å²) < 4.78 is 47.4. The molecule has 3 fully saturated rings. The number of hydrogen-bond donors (Lipinski definition) is 4. The fraction of sp³-hybridized carbons (Fsp3) is 0.436. The maximum absolute atomic E-state index is 13.7. The van der Waals surface area contributed by atoms with Crippen molar-refractivity contribution in [2.45, 2.75) is 63.3 Å². The number of nitriles is 1. The van der Waals surface area contributed by atoms with E-state index in [0.29, 0.717) is 66.9 Å². The predicted molar refractivity (Wildman–Crippen MR) is 215 cm³/mol. The van der Waals surface area contributed by atoms with Gasteiger partial charge in [0.05, 0.1) is 34.7 Å². The summed E-state index contributed by atoms with van der Waals surface area (Å²) in [5, 5.41) is 17.8. The number of aryl methyl sites for hydroxylation is 1. The number of ether oxygens (including phenoxy) is 1. The van der Waals surface area contributed by atoms with Crippen LogP contribution in [0.1, 0.15) is 50.4 Å². The molecule has 4 amide bonds. The fourth-order valence-corrected chi connectivity index (χ4v) is 8.05. The van der Waals surface area contributed by atoms with Crippen molar-refractivity contribution >= 4 is 70.6 Å². The zero-order chi connectivity index (χ0) is 41.9. The summed E-state index contributed by atoms with van der Waals surface area (Å²) in [4.78, 5) is 61.1. The molecule has 0 aliphatic carbocycles. The molecule has 2 atom stereocenters. The molecule has 1 aromatic heterocycles. The molecule has 6 rings (SSSR count). The Morgan fingerprint density at radius 2 is 1.81 bits per heavy atom. The Morgan fingerprint density at radius 3 is 2.48 bits per heavy atom. The normalized spacial score (nSPS) is 20.2. The number of nitrogens with one attached hydrogen (secondary N) is 3.